The Bertz CT molecular complexity index is 877. The van der Waals surface area contributed by atoms with Crippen LogP contribution in [0.4, 0.5) is 18.0 Å². The van der Waals surface area contributed by atoms with E-state index in [1.54, 1.807) is 0 Å². The molecule has 2 aromatic carbocycles. The van der Waals surface area contributed by atoms with E-state index in [2.05, 4.69) is 10.1 Å². The molecule has 2 aromatic rings. The maximum Gasteiger partial charge on any atom is 0.422 e. The van der Waals surface area contributed by atoms with Crippen LogP contribution in [-0.2, 0) is 9.53 Å². The SMILES string of the molecule is CC(NC(=O)C1CCN(C(=O)OCC(F)(F)F)CC1)c1ccc2ccccc2c1. The van der Waals surface area contributed by atoms with Gasteiger partial charge >= 0.3 is 12.3 Å². The van der Waals surface area contributed by atoms with Crippen molar-refractivity contribution in [1.82, 2.24) is 10.2 Å². The fourth-order valence-corrected chi connectivity index (χ4v) is 3.45. The van der Waals surface area contributed by atoms with Gasteiger partial charge in [0, 0.05) is 19.0 Å². The number of benzene rings is 2. The number of fused-ring (bicyclic) bond motifs is 1. The Kier molecular flexibility index (Phi) is 6.30. The molecule has 5 nitrogen and oxygen atoms in total. The number of rotatable bonds is 4. The molecule has 1 aliphatic rings. The highest BCUT2D eigenvalue weighted by atomic mass is 19.4. The molecule has 1 atom stereocenters. The smallest absolute Gasteiger partial charge is 0.422 e. The fourth-order valence-electron chi connectivity index (χ4n) is 3.45. The Morgan fingerprint density at radius 3 is 2.45 bits per heavy atom. The summed E-state index contributed by atoms with van der Waals surface area (Å²) in [6, 6.07) is 13.8. The number of hydrogen-bond acceptors (Lipinski definition) is 3. The number of nitrogens with zero attached hydrogens (tertiary/aromatic N) is 1. The fraction of sp³-hybridized carbons (Fsp3) is 0.429. The second kappa shape index (κ2) is 8.71. The third-order valence-corrected chi connectivity index (χ3v) is 5.12. The van der Waals surface area contributed by atoms with E-state index in [4.69, 9.17) is 0 Å². The third kappa shape index (κ3) is 5.62. The van der Waals surface area contributed by atoms with E-state index in [9.17, 15) is 22.8 Å². The normalized spacial score (nSPS) is 16.5. The molecule has 3 rings (SSSR count). The second-order valence-electron chi connectivity index (χ2n) is 7.27. The van der Waals surface area contributed by atoms with Crippen molar-refractivity contribution in [2.45, 2.75) is 32.0 Å². The van der Waals surface area contributed by atoms with Gasteiger partial charge in [-0.05, 0) is 42.2 Å². The van der Waals surface area contributed by atoms with E-state index in [0.717, 1.165) is 16.3 Å². The number of alkyl halides is 3. The van der Waals surface area contributed by atoms with Crippen molar-refractivity contribution in [2.75, 3.05) is 19.7 Å². The van der Waals surface area contributed by atoms with Gasteiger partial charge < -0.3 is 15.0 Å². The Hall–Kier alpha value is -2.77. The van der Waals surface area contributed by atoms with Gasteiger partial charge in [0.15, 0.2) is 6.61 Å². The summed E-state index contributed by atoms with van der Waals surface area (Å²) < 4.78 is 40.7. The Labute approximate surface area is 166 Å². The van der Waals surface area contributed by atoms with Gasteiger partial charge in [-0.25, -0.2) is 4.79 Å². The molecule has 1 saturated heterocycles. The standard InChI is InChI=1S/C21H23F3N2O3/c1-14(17-7-6-15-4-2-3-5-18(15)12-17)25-19(27)16-8-10-26(11-9-16)20(28)29-13-21(22,23)24/h2-7,12,14,16H,8-11,13H2,1H3,(H,25,27). The van der Waals surface area contributed by atoms with Gasteiger partial charge in [0.2, 0.25) is 5.91 Å². The van der Waals surface area contributed by atoms with Crippen LogP contribution >= 0.6 is 0 Å². The average molecular weight is 408 g/mol. The van der Waals surface area contributed by atoms with E-state index >= 15 is 0 Å². The highest BCUT2D eigenvalue weighted by Crippen LogP contribution is 2.23. The molecule has 1 N–H and O–H groups in total. The number of halogens is 3. The van der Waals surface area contributed by atoms with Crippen LogP contribution in [0.15, 0.2) is 42.5 Å². The summed E-state index contributed by atoms with van der Waals surface area (Å²) in [5, 5.41) is 5.22. The van der Waals surface area contributed by atoms with Gasteiger partial charge in [-0.1, -0.05) is 36.4 Å². The number of carbonyl (C=O) groups is 2. The lowest BCUT2D eigenvalue weighted by molar-refractivity contribution is -0.162. The Morgan fingerprint density at radius 1 is 1.14 bits per heavy atom. The molecule has 156 valence electrons. The molecule has 0 radical (unpaired) electrons. The van der Waals surface area contributed by atoms with Crippen molar-refractivity contribution in [1.29, 1.82) is 0 Å². The first kappa shape index (κ1) is 21.0. The lowest BCUT2D eigenvalue weighted by atomic mass is 9.95. The first-order valence-corrected chi connectivity index (χ1v) is 9.50. The Morgan fingerprint density at radius 2 is 1.79 bits per heavy atom. The van der Waals surface area contributed by atoms with E-state index in [1.165, 1.54) is 4.90 Å². The molecular weight excluding hydrogens is 385 g/mol. The number of piperidine rings is 1. The molecule has 0 aliphatic carbocycles. The molecule has 2 amide bonds. The van der Waals surface area contributed by atoms with E-state index < -0.39 is 18.9 Å². The molecule has 0 saturated carbocycles. The summed E-state index contributed by atoms with van der Waals surface area (Å²) in [6.07, 6.45) is -4.77. The van der Waals surface area contributed by atoms with Crippen LogP contribution < -0.4 is 5.32 Å². The summed E-state index contributed by atoms with van der Waals surface area (Å²) in [5.41, 5.74) is 0.991. The molecule has 1 fully saturated rings. The summed E-state index contributed by atoms with van der Waals surface area (Å²) in [6.45, 7) is 0.694. The van der Waals surface area contributed by atoms with Crippen molar-refractivity contribution in [3.05, 3.63) is 48.0 Å². The van der Waals surface area contributed by atoms with Crippen LogP contribution in [0.1, 0.15) is 31.4 Å². The van der Waals surface area contributed by atoms with Crippen LogP contribution in [-0.4, -0.2) is 42.8 Å². The monoisotopic (exact) mass is 408 g/mol. The van der Waals surface area contributed by atoms with Crippen LogP contribution in [0.5, 0.6) is 0 Å². The number of carbonyl (C=O) groups excluding carboxylic acids is 2. The zero-order valence-electron chi connectivity index (χ0n) is 16.0. The van der Waals surface area contributed by atoms with Gasteiger partial charge in [-0.2, -0.15) is 13.2 Å². The minimum absolute atomic E-state index is 0.117. The second-order valence-corrected chi connectivity index (χ2v) is 7.27. The maximum absolute atomic E-state index is 12.6. The number of hydrogen-bond donors (Lipinski definition) is 1. The van der Waals surface area contributed by atoms with Crippen LogP contribution in [0.2, 0.25) is 0 Å². The van der Waals surface area contributed by atoms with Crippen LogP contribution in [0, 0.1) is 5.92 Å². The zero-order chi connectivity index (χ0) is 21.0. The predicted octanol–water partition coefficient (Wildman–Crippen LogP) is 4.43. The van der Waals surface area contributed by atoms with E-state index in [1.807, 2.05) is 49.4 Å². The van der Waals surface area contributed by atoms with Crippen molar-refractivity contribution in [3.8, 4) is 0 Å². The summed E-state index contributed by atoms with van der Waals surface area (Å²) in [7, 11) is 0. The van der Waals surface area contributed by atoms with Gasteiger partial charge in [-0.15, -0.1) is 0 Å². The van der Waals surface area contributed by atoms with E-state index in [0.29, 0.717) is 12.8 Å². The number of amides is 2. The number of likely N-dealkylation sites (tertiary alicyclic amines) is 1. The van der Waals surface area contributed by atoms with Crippen molar-refractivity contribution in [3.63, 3.8) is 0 Å². The average Bonchev–Trinajstić information content (AvgIpc) is 2.71. The molecule has 1 heterocycles. The minimum Gasteiger partial charge on any atom is -0.440 e. The van der Waals surface area contributed by atoms with Gasteiger partial charge in [0.05, 0.1) is 6.04 Å². The van der Waals surface area contributed by atoms with Gasteiger partial charge in [0.25, 0.3) is 0 Å². The van der Waals surface area contributed by atoms with Crippen LogP contribution in [0.25, 0.3) is 10.8 Å². The molecule has 1 aliphatic heterocycles. The molecule has 1 unspecified atom stereocenters. The van der Waals surface area contributed by atoms with Gasteiger partial charge in [0.1, 0.15) is 0 Å². The molecular formula is C21H23F3N2O3. The number of nitrogens with one attached hydrogen (secondary N) is 1. The van der Waals surface area contributed by atoms with E-state index in [-0.39, 0.29) is 31.0 Å². The van der Waals surface area contributed by atoms with Gasteiger partial charge in [-0.3, -0.25) is 4.79 Å². The zero-order valence-corrected chi connectivity index (χ0v) is 16.0. The summed E-state index contributed by atoms with van der Waals surface area (Å²) >= 11 is 0. The maximum atomic E-state index is 12.6. The van der Waals surface area contributed by atoms with Crippen molar-refractivity contribution < 1.29 is 27.5 Å². The summed E-state index contributed by atoms with van der Waals surface area (Å²) in [5.74, 6) is -0.404. The highest BCUT2D eigenvalue weighted by molar-refractivity contribution is 5.84. The molecule has 0 bridgehead atoms. The summed E-state index contributed by atoms with van der Waals surface area (Å²) in [4.78, 5) is 25.5. The minimum atomic E-state index is -4.55. The molecule has 0 spiro atoms. The molecule has 8 heteroatoms. The quantitative estimate of drug-likeness (QED) is 0.814. The highest BCUT2D eigenvalue weighted by Gasteiger charge is 2.33. The lowest BCUT2D eigenvalue weighted by Crippen LogP contribution is -2.44. The predicted molar refractivity (Wildman–Crippen MR) is 102 cm³/mol. The largest absolute Gasteiger partial charge is 0.440 e. The first-order chi connectivity index (χ1) is 13.7. The third-order valence-electron chi connectivity index (χ3n) is 5.12. The van der Waals surface area contributed by atoms with Crippen LogP contribution in [0.3, 0.4) is 0 Å². The topological polar surface area (TPSA) is 58.6 Å². The molecule has 0 aromatic heterocycles. The van der Waals surface area contributed by atoms with Crippen molar-refractivity contribution in [2.24, 2.45) is 5.92 Å². The van der Waals surface area contributed by atoms with Crippen molar-refractivity contribution >= 4 is 22.8 Å². The Balaban J connectivity index is 1.50. The first-order valence-electron chi connectivity index (χ1n) is 9.50. The number of ether oxygens (including phenoxy) is 1. The molecule has 29 heavy (non-hydrogen) atoms. The lowest BCUT2D eigenvalue weighted by Gasteiger charge is -2.31.